The second-order valence-corrected chi connectivity index (χ2v) is 26.9. The normalized spacial score (nSPS) is 58.1. The van der Waals surface area contributed by atoms with Crippen LogP contribution in [-0.4, -0.2) is 304 Å². The molecule has 29 nitrogen and oxygen atoms in total. The molecule has 0 aromatic rings. The maximum absolute atomic E-state index is 12.3. The first-order valence-corrected chi connectivity index (χ1v) is 30.5. The van der Waals surface area contributed by atoms with E-state index in [0.717, 1.165) is 38.5 Å². The van der Waals surface area contributed by atoms with E-state index >= 15 is 0 Å². The van der Waals surface area contributed by atoms with E-state index < -0.39 is 205 Å². The standard InChI is InChI=1S/C56H92O29/c1-19-7-10-56(75-17-19)20(2)31-45(85-56)37(67)32-22-6-5-21-11-26(24(61)12-55(21,4)23(22)8-9-54(31,32)3)76-50-42(72)39(69)44(30(16-60)80-50)81-53-48(47(36(66)29(15-59)79-53)83-49-40(70)33(63)25(62)18-74-49)84-52-43(73)46(35(65)28(14-58)78-52)82-51-41(71)38(68)34(64)27(13-57)77-51/h19-53,57-73H,5-18H2,1-4H3/t19-,20+,21+,22-,23+,24-,25-,26-,27-,28-,29-,30-,31+,32-,33+,34-,35+,36-,37+,38+,39-,40-,41-,42-,43-,44+,45-,46+,47+,48-,49+,50-,51+,52+,53+,54-,55+,56-/m1/s1. The Balaban J connectivity index is 0.797. The third-order valence-electron chi connectivity index (χ3n) is 22.2. The molecule has 0 amide bonds. The molecule has 11 aliphatic rings. The first-order chi connectivity index (χ1) is 40.3. The van der Waals surface area contributed by atoms with Crippen LogP contribution in [0.15, 0.2) is 0 Å². The fourth-order valence-corrected chi connectivity index (χ4v) is 17.4. The zero-order valence-corrected chi connectivity index (χ0v) is 48.1. The third kappa shape index (κ3) is 11.3. The Kier molecular flexibility index (Phi) is 19.5. The number of hydrogen-bond donors (Lipinski definition) is 17. The van der Waals surface area contributed by atoms with Crippen molar-refractivity contribution in [3.8, 4) is 0 Å². The Morgan fingerprint density at radius 2 is 1.01 bits per heavy atom. The minimum absolute atomic E-state index is 0.00749. The molecule has 11 rings (SSSR count). The van der Waals surface area contributed by atoms with Gasteiger partial charge in [0.05, 0.1) is 64.1 Å². The van der Waals surface area contributed by atoms with Crippen LogP contribution in [0.3, 0.4) is 0 Å². The highest BCUT2D eigenvalue weighted by atomic mass is 16.8. The molecule has 4 saturated carbocycles. The van der Waals surface area contributed by atoms with Gasteiger partial charge in [-0.2, -0.15) is 0 Å². The minimum Gasteiger partial charge on any atom is -0.394 e. The summed E-state index contributed by atoms with van der Waals surface area (Å²) < 4.78 is 72.8. The summed E-state index contributed by atoms with van der Waals surface area (Å²) in [5, 5.41) is 188. The number of rotatable bonds is 14. The van der Waals surface area contributed by atoms with E-state index in [9.17, 15) is 86.8 Å². The summed E-state index contributed by atoms with van der Waals surface area (Å²) in [6.45, 7) is 5.21. The van der Waals surface area contributed by atoms with Crippen molar-refractivity contribution in [1.82, 2.24) is 0 Å². The van der Waals surface area contributed by atoms with E-state index in [1.807, 2.05) is 0 Å². The summed E-state index contributed by atoms with van der Waals surface area (Å²) in [5.41, 5.74) is -0.531. The average Bonchev–Trinajstić information content (AvgIpc) is 1.59. The van der Waals surface area contributed by atoms with Gasteiger partial charge in [-0.15, -0.1) is 0 Å². The van der Waals surface area contributed by atoms with Crippen LogP contribution >= 0.6 is 0 Å². The molecular weight excluding hydrogens is 1140 g/mol. The lowest BCUT2D eigenvalue weighted by molar-refractivity contribution is -0.410. The quantitative estimate of drug-likeness (QED) is 0.0719. The van der Waals surface area contributed by atoms with E-state index in [0.29, 0.717) is 25.4 Å². The molecular formula is C56H92O29. The molecule has 85 heavy (non-hydrogen) atoms. The van der Waals surface area contributed by atoms with Crippen LogP contribution in [0.4, 0.5) is 0 Å². The van der Waals surface area contributed by atoms with Crippen molar-refractivity contribution in [3.05, 3.63) is 0 Å². The molecule has 7 heterocycles. The molecule has 490 valence electrons. The lowest BCUT2D eigenvalue weighted by Gasteiger charge is -2.62. The maximum Gasteiger partial charge on any atom is 0.187 e. The molecule has 0 unspecified atom stereocenters. The van der Waals surface area contributed by atoms with Gasteiger partial charge in [0.1, 0.15) is 116 Å². The Bertz CT molecular complexity index is 2220. The third-order valence-corrected chi connectivity index (χ3v) is 22.2. The highest BCUT2D eigenvalue weighted by Gasteiger charge is 2.73. The van der Waals surface area contributed by atoms with Gasteiger partial charge < -0.3 is 144 Å². The smallest absolute Gasteiger partial charge is 0.187 e. The molecule has 29 heteroatoms. The minimum atomic E-state index is -2.21. The molecule has 7 saturated heterocycles. The van der Waals surface area contributed by atoms with Crippen LogP contribution in [0.1, 0.15) is 79.1 Å². The van der Waals surface area contributed by atoms with Gasteiger partial charge >= 0.3 is 0 Å². The van der Waals surface area contributed by atoms with Crippen molar-refractivity contribution < 1.29 is 144 Å². The highest BCUT2D eigenvalue weighted by Crippen LogP contribution is 2.71. The maximum atomic E-state index is 12.3. The summed E-state index contributed by atoms with van der Waals surface area (Å²) in [5.74, 6) is 0.388. The predicted molar refractivity (Wildman–Crippen MR) is 278 cm³/mol. The Morgan fingerprint density at radius 3 is 1.67 bits per heavy atom. The largest absolute Gasteiger partial charge is 0.394 e. The molecule has 0 bridgehead atoms. The zero-order chi connectivity index (χ0) is 61.1. The number of fused-ring (bicyclic) bond motifs is 7. The van der Waals surface area contributed by atoms with Gasteiger partial charge in [0.25, 0.3) is 0 Å². The van der Waals surface area contributed by atoms with Crippen LogP contribution in [0, 0.1) is 52.3 Å². The van der Waals surface area contributed by atoms with Crippen molar-refractivity contribution >= 4 is 0 Å². The average molecular weight is 1230 g/mol. The Hall–Kier alpha value is -1.16. The summed E-state index contributed by atoms with van der Waals surface area (Å²) in [4.78, 5) is 0. The van der Waals surface area contributed by atoms with Gasteiger partial charge in [0.2, 0.25) is 0 Å². The fraction of sp³-hybridized carbons (Fsp3) is 1.00. The molecule has 7 aliphatic heterocycles. The molecule has 38 atom stereocenters. The van der Waals surface area contributed by atoms with Gasteiger partial charge in [-0.1, -0.05) is 27.7 Å². The monoisotopic (exact) mass is 1230 g/mol. The first-order valence-electron chi connectivity index (χ1n) is 30.5. The topological polar surface area (TPSA) is 455 Å². The molecule has 0 radical (unpaired) electrons. The molecule has 0 aromatic heterocycles. The van der Waals surface area contributed by atoms with E-state index in [2.05, 4.69) is 27.7 Å². The van der Waals surface area contributed by atoms with Gasteiger partial charge in [-0.25, -0.2) is 0 Å². The molecule has 1 spiro atoms. The van der Waals surface area contributed by atoms with Crippen molar-refractivity contribution in [2.45, 2.75) is 257 Å². The van der Waals surface area contributed by atoms with E-state index in [4.69, 9.17) is 56.8 Å². The zero-order valence-electron chi connectivity index (χ0n) is 48.1. The summed E-state index contributed by atoms with van der Waals surface area (Å²) in [6.07, 6.45) is -42.5. The van der Waals surface area contributed by atoms with E-state index in [1.165, 1.54) is 0 Å². The second kappa shape index (κ2) is 25.4. The SMILES string of the molecule is C[C@@H]1CC[C@@]2(OC1)O[C@H]1[C@@H](O)[C@H]3[C@@H]4CC[C@H]5C[C@@H](O[C@@H]6O[C@H](CO)[C@H](O[C@@H]7O[C@H](CO)[C@@H](O)[C@H](O[C@@H]8OC[C@@H](O)[C@H](O)[C@H]8O)[C@H]7O[C@@H]7O[C@H](CO)[C@H](O)[C@H](O[C@@H]8O[C@H](CO)[C@@H](O)[C@H](O)[C@H]8O)[C@H]7O)[C@H](O)[C@H]6O)[C@H](O)C[C@]5(C)[C@H]4CC[C@]3(C)[C@H]1[C@@H]2C. The van der Waals surface area contributed by atoms with Crippen molar-refractivity contribution in [3.63, 3.8) is 0 Å². The number of ether oxygens (including phenoxy) is 12. The van der Waals surface area contributed by atoms with Crippen molar-refractivity contribution in [1.29, 1.82) is 0 Å². The highest BCUT2D eigenvalue weighted by molar-refractivity contribution is 5.19. The Morgan fingerprint density at radius 1 is 0.447 bits per heavy atom. The lowest BCUT2D eigenvalue weighted by atomic mass is 9.44. The molecule has 4 aliphatic carbocycles. The van der Waals surface area contributed by atoms with Gasteiger partial charge in [-0.3, -0.25) is 0 Å². The van der Waals surface area contributed by atoms with Crippen molar-refractivity contribution in [2.75, 3.05) is 39.6 Å². The summed E-state index contributed by atoms with van der Waals surface area (Å²) >= 11 is 0. The van der Waals surface area contributed by atoms with Gasteiger partial charge in [0, 0.05) is 18.3 Å². The number of aliphatic hydroxyl groups excluding tert-OH is 17. The fourth-order valence-electron chi connectivity index (χ4n) is 17.4. The van der Waals surface area contributed by atoms with Gasteiger partial charge in [-0.05, 0) is 85.4 Å². The molecule has 0 aromatic carbocycles. The van der Waals surface area contributed by atoms with Gasteiger partial charge in [0.15, 0.2) is 37.2 Å². The lowest BCUT2D eigenvalue weighted by Crippen LogP contribution is -2.69. The number of hydrogen-bond acceptors (Lipinski definition) is 29. The number of aliphatic hydroxyl groups is 17. The molecule has 11 fully saturated rings. The molecule has 17 N–H and O–H groups in total. The second-order valence-electron chi connectivity index (χ2n) is 26.9. The van der Waals surface area contributed by atoms with Crippen LogP contribution in [0.2, 0.25) is 0 Å². The van der Waals surface area contributed by atoms with E-state index in [1.54, 1.807) is 0 Å². The van der Waals surface area contributed by atoms with E-state index in [-0.39, 0.29) is 52.4 Å². The van der Waals surface area contributed by atoms with Crippen LogP contribution in [0.25, 0.3) is 0 Å². The van der Waals surface area contributed by atoms with Crippen LogP contribution in [0.5, 0.6) is 0 Å². The van der Waals surface area contributed by atoms with Crippen LogP contribution in [-0.2, 0) is 56.8 Å². The summed E-state index contributed by atoms with van der Waals surface area (Å²) in [7, 11) is 0. The predicted octanol–water partition coefficient (Wildman–Crippen LogP) is -6.50. The van der Waals surface area contributed by atoms with Crippen molar-refractivity contribution in [2.24, 2.45) is 52.3 Å². The Labute approximate surface area is 491 Å². The first kappa shape index (κ1) is 65.3. The van der Waals surface area contributed by atoms with Crippen LogP contribution < -0.4 is 0 Å². The summed E-state index contributed by atoms with van der Waals surface area (Å²) in [6, 6.07) is 0.